The number of hydrogen-bond acceptors (Lipinski definition) is 5. The summed E-state index contributed by atoms with van der Waals surface area (Å²) in [5.74, 6) is 0.259. The van der Waals surface area contributed by atoms with E-state index >= 15 is 0 Å². The van der Waals surface area contributed by atoms with Crippen molar-refractivity contribution in [1.82, 2.24) is 5.32 Å². The molecule has 0 unspecified atom stereocenters. The van der Waals surface area contributed by atoms with Crippen LogP contribution in [0.25, 0.3) is 5.57 Å². The number of para-hydroxylation sites is 1. The molecule has 0 atom stereocenters. The Bertz CT molecular complexity index is 1130. The number of benzene rings is 2. The molecule has 5 rings (SSSR count). The summed E-state index contributed by atoms with van der Waals surface area (Å²) in [7, 11) is 1.56. The molecule has 0 aromatic heterocycles. The SMILES string of the molecule is COc1c(Cl)cccc1C1=CC2(C(=O)OC(C)(C)C)CCC1(NC(=O)OCc1ccccc1)CC2. The van der Waals surface area contributed by atoms with Gasteiger partial charge in [0.1, 0.15) is 18.0 Å². The van der Waals surface area contributed by atoms with E-state index in [1.54, 1.807) is 13.2 Å². The van der Waals surface area contributed by atoms with Crippen molar-refractivity contribution < 1.29 is 23.8 Å². The minimum absolute atomic E-state index is 0.171. The molecule has 6 nitrogen and oxygen atoms in total. The van der Waals surface area contributed by atoms with Crippen LogP contribution < -0.4 is 10.1 Å². The highest BCUT2D eigenvalue weighted by Crippen LogP contribution is 2.56. The first-order chi connectivity index (χ1) is 16.6. The largest absolute Gasteiger partial charge is 0.495 e. The average Bonchev–Trinajstić information content (AvgIpc) is 2.83. The Morgan fingerprint density at radius 3 is 2.31 bits per heavy atom. The first-order valence-corrected chi connectivity index (χ1v) is 12.2. The zero-order valence-corrected chi connectivity index (χ0v) is 21.4. The van der Waals surface area contributed by atoms with E-state index in [2.05, 4.69) is 5.32 Å². The van der Waals surface area contributed by atoms with Gasteiger partial charge in [0.05, 0.1) is 23.1 Å². The van der Waals surface area contributed by atoms with Gasteiger partial charge >= 0.3 is 12.1 Å². The van der Waals surface area contributed by atoms with E-state index in [1.165, 1.54) is 0 Å². The quantitative estimate of drug-likeness (QED) is 0.473. The van der Waals surface area contributed by atoms with Crippen molar-refractivity contribution in [3.05, 3.63) is 70.8 Å². The van der Waals surface area contributed by atoms with Gasteiger partial charge in [-0.3, -0.25) is 4.79 Å². The van der Waals surface area contributed by atoms with Crippen molar-refractivity contribution in [2.24, 2.45) is 5.41 Å². The van der Waals surface area contributed by atoms with Crippen LogP contribution in [0.1, 0.15) is 57.6 Å². The Balaban J connectivity index is 1.69. The number of methoxy groups -OCH3 is 1. The molecule has 7 heteroatoms. The number of fused-ring (bicyclic) bond motifs is 2. The van der Waals surface area contributed by atoms with Crippen LogP contribution >= 0.6 is 11.6 Å². The van der Waals surface area contributed by atoms with Gasteiger partial charge in [-0.15, -0.1) is 0 Å². The number of ether oxygens (including phenoxy) is 3. The maximum absolute atomic E-state index is 13.3. The van der Waals surface area contributed by atoms with Crippen LogP contribution in [0.2, 0.25) is 5.02 Å². The van der Waals surface area contributed by atoms with E-state index in [-0.39, 0.29) is 12.6 Å². The van der Waals surface area contributed by atoms with Crippen molar-refractivity contribution >= 4 is 29.2 Å². The zero-order chi connectivity index (χ0) is 25.3. The van der Waals surface area contributed by atoms with Gasteiger partial charge in [-0.05, 0) is 63.7 Å². The third-order valence-corrected chi connectivity index (χ3v) is 7.05. The van der Waals surface area contributed by atoms with Gasteiger partial charge < -0.3 is 19.5 Å². The van der Waals surface area contributed by atoms with E-state index < -0.39 is 22.6 Å². The highest BCUT2D eigenvalue weighted by Gasteiger charge is 2.55. The summed E-state index contributed by atoms with van der Waals surface area (Å²) in [6.07, 6.45) is 3.70. The highest BCUT2D eigenvalue weighted by atomic mass is 35.5. The predicted octanol–water partition coefficient (Wildman–Crippen LogP) is 6.31. The Hall–Kier alpha value is -2.99. The van der Waals surface area contributed by atoms with Crippen molar-refractivity contribution in [3.8, 4) is 5.75 Å². The van der Waals surface area contributed by atoms with Crippen molar-refractivity contribution in [2.75, 3.05) is 7.11 Å². The lowest BCUT2D eigenvalue weighted by Gasteiger charge is -2.51. The third-order valence-electron chi connectivity index (χ3n) is 6.75. The lowest BCUT2D eigenvalue weighted by Crippen LogP contribution is -2.58. The standard InChI is InChI=1S/C28H32ClNO5/c1-26(2,3)35-24(31)27-13-15-28(16-14-27,30-25(32)34-18-19-9-6-5-7-10-19)21(17-27)20-11-8-12-22(29)23(20)33-4/h5-12,17H,13-16,18H2,1-4H3,(H,30,32). The Kier molecular flexibility index (Phi) is 6.87. The Labute approximate surface area is 211 Å². The molecule has 2 bridgehead atoms. The minimum Gasteiger partial charge on any atom is -0.495 e. The number of rotatable bonds is 6. The van der Waals surface area contributed by atoms with Crippen LogP contribution in [0, 0.1) is 5.41 Å². The van der Waals surface area contributed by atoms with Gasteiger partial charge in [0.15, 0.2) is 0 Å². The maximum Gasteiger partial charge on any atom is 0.408 e. The number of nitrogens with one attached hydrogen (secondary N) is 1. The van der Waals surface area contributed by atoms with Crippen LogP contribution in [0.5, 0.6) is 5.75 Å². The molecule has 1 saturated carbocycles. The van der Waals surface area contributed by atoms with Crippen molar-refractivity contribution in [2.45, 2.75) is 64.2 Å². The number of hydrogen-bond donors (Lipinski definition) is 1. The van der Waals surface area contributed by atoms with Crippen LogP contribution in [-0.4, -0.2) is 30.3 Å². The first kappa shape index (κ1) is 25.1. The summed E-state index contributed by atoms with van der Waals surface area (Å²) in [6.45, 7) is 5.77. The number of halogens is 1. The summed E-state index contributed by atoms with van der Waals surface area (Å²) < 4.78 is 17.0. The maximum atomic E-state index is 13.3. The fraction of sp³-hybridized carbons (Fsp3) is 0.429. The fourth-order valence-electron chi connectivity index (χ4n) is 5.00. The second kappa shape index (κ2) is 9.57. The normalized spacial score (nSPS) is 23.3. The van der Waals surface area contributed by atoms with Crippen molar-refractivity contribution in [1.29, 1.82) is 0 Å². The number of amides is 1. The van der Waals surface area contributed by atoms with E-state index in [0.29, 0.717) is 36.5 Å². The van der Waals surface area contributed by atoms with Gasteiger partial charge in [0.2, 0.25) is 0 Å². The van der Waals surface area contributed by atoms with Crippen LogP contribution in [0.4, 0.5) is 4.79 Å². The van der Waals surface area contributed by atoms with Gasteiger partial charge in [-0.1, -0.05) is 60.1 Å². The molecule has 0 saturated heterocycles. The van der Waals surface area contributed by atoms with E-state index in [9.17, 15) is 9.59 Å². The van der Waals surface area contributed by atoms with E-state index in [1.807, 2.05) is 69.3 Å². The molecule has 0 radical (unpaired) electrons. The van der Waals surface area contributed by atoms with Crippen LogP contribution in [-0.2, 0) is 20.9 Å². The molecule has 186 valence electrons. The molecule has 35 heavy (non-hydrogen) atoms. The van der Waals surface area contributed by atoms with Crippen molar-refractivity contribution in [3.63, 3.8) is 0 Å². The van der Waals surface area contributed by atoms with E-state index in [0.717, 1.165) is 16.7 Å². The summed E-state index contributed by atoms with van der Waals surface area (Å²) in [6, 6.07) is 15.0. The molecule has 0 spiro atoms. The first-order valence-electron chi connectivity index (χ1n) is 11.9. The molecular formula is C28H32ClNO5. The summed E-state index contributed by atoms with van der Waals surface area (Å²) in [5, 5.41) is 3.59. The molecule has 1 N–H and O–H groups in total. The number of alkyl carbamates (subject to hydrolysis) is 1. The molecule has 2 aromatic rings. The lowest BCUT2D eigenvalue weighted by molar-refractivity contribution is -0.167. The topological polar surface area (TPSA) is 73.9 Å². The second-order valence-corrected chi connectivity index (χ2v) is 10.7. The molecule has 2 aromatic carbocycles. The molecule has 1 amide bonds. The minimum atomic E-state index is -0.771. The monoisotopic (exact) mass is 497 g/mol. The Morgan fingerprint density at radius 2 is 1.69 bits per heavy atom. The second-order valence-electron chi connectivity index (χ2n) is 10.3. The fourth-order valence-corrected chi connectivity index (χ4v) is 5.26. The molecule has 3 aliphatic rings. The predicted molar refractivity (Wildman–Crippen MR) is 135 cm³/mol. The van der Waals surface area contributed by atoms with Gasteiger partial charge in [0, 0.05) is 5.56 Å². The molecule has 0 heterocycles. The van der Waals surface area contributed by atoms with E-state index in [4.69, 9.17) is 25.8 Å². The summed E-state index contributed by atoms with van der Waals surface area (Å²) in [4.78, 5) is 26.3. The van der Waals surface area contributed by atoms with Crippen LogP contribution in [0.3, 0.4) is 0 Å². The molecular weight excluding hydrogens is 466 g/mol. The number of carbonyl (C=O) groups is 2. The van der Waals surface area contributed by atoms with Crippen LogP contribution in [0.15, 0.2) is 54.6 Å². The third kappa shape index (κ3) is 5.18. The summed E-state index contributed by atoms with van der Waals surface area (Å²) >= 11 is 6.45. The molecule has 0 aliphatic heterocycles. The molecule has 1 fully saturated rings. The van der Waals surface area contributed by atoms with Gasteiger partial charge in [-0.25, -0.2) is 4.79 Å². The van der Waals surface area contributed by atoms with Gasteiger partial charge in [0.25, 0.3) is 0 Å². The van der Waals surface area contributed by atoms with Gasteiger partial charge in [-0.2, -0.15) is 0 Å². The zero-order valence-electron chi connectivity index (χ0n) is 20.7. The highest BCUT2D eigenvalue weighted by molar-refractivity contribution is 6.32. The Morgan fingerprint density at radius 1 is 1.00 bits per heavy atom. The number of esters is 1. The smallest absolute Gasteiger partial charge is 0.408 e. The molecule has 3 aliphatic carbocycles. The average molecular weight is 498 g/mol. The lowest BCUT2D eigenvalue weighted by atomic mass is 9.57. The summed E-state index contributed by atoms with van der Waals surface area (Å²) in [5.41, 5.74) is 0.373. The number of carbonyl (C=O) groups excluding carboxylic acids is 2.